The third kappa shape index (κ3) is 10.8. The predicted octanol–water partition coefficient (Wildman–Crippen LogP) is 9.92. The van der Waals surface area contributed by atoms with E-state index < -0.39 is 49.7 Å². The van der Waals surface area contributed by atoms with Crippen LogP contribution in [0.1, 0.15) is 90.6 Å². The normalized spacial score (nSPS) is 19.1. The van der Waals surface area contributed by atoms with Gasteiger partial charge >= 0.3 is 7.75 Å². The van der Waals surface area contributed by atoms with E-state index in [9.17, 15) is 4.79 Å². The molecule has 0 saturated carbocycles. The molecule has 1 amide bonds. The van der Waals surface area contributed by atoms with Gasteiger partial charge in [0.1, 0.15) is 53.1 Å². The first-order chi connectivity index (χ1) is 36.3. The average molecular weight is 1040 g/mol. The van der Waals surface area contributed by atoms with E-state index in [0.29, 0.717) is 69.2 Å². The molecule has 392 valence electrons. The van der Waals surface area contributed by atoms with Gasteiger partial charge in [0.15, 0.2) is 23.4 Å². The number of fused-ring (bicyclic) bond motifs is 1. The number of Topliss-reactive ketones (excluding diaryl/α,β-unsaturated/α-hetero) is 1. The Balaban J connectivity index is 1.19. The van der Waals surface area contributed by atoms with Crippen LogP contribution in [-0.4, -0.2) is 112 Å². The van der Waals surface area contributed by atoms with Crippen molar-refractivity contribution in [3.63, 3.8) is 0 Å². The number of hydrogen-bond donors (Lipinski definition) is 1. The number of likely N-dealkylation sites (tertiary alicyclic amines) is 1. The lowest BCUT2D eigenvalue weighted by atomic mass is 9.79. The van der Waals surface area contributed by atoms with Crippen molar-refractivity contribution in [2.75, 3.05) is 40.2 Å². The molecule has 7 aromatic rings. The summed E-state index contributed by atoms with van der Waals surface area (Å²) in [5.41, 5.74) is 8.36. The molecule has 0 bridgehead atoms. The SMILES string of the molecule is COc1ccc(C(=O)N2CCC[C@@H]2COP(=O)(O[C@H]2C[C@H](n3cnc4c(N)ncnc43)O[C@@H]2C(OC(c2ccccc2)(c2ccc(OC)cc2)c2ccc(OC)cc2)C(=O)c2ccccc2)N(C(C)C)C(C)C)cc1. The minimum atomic E-state index is -4.43. The van der Waals surface area contributed by atoms with Crippen LogP contribution >= 0.6 is 7.75 Å². The minimum absolute atomic E-state index is 0.0221. The Morgan fingerprint density at radius 3 is 1.88 bits per heavy atom. The lowest BCUT2D eigenvalue weighted by Crippen LogP contribution is -2.49. The van der Waals surface area contributed by atoms with Gasteiger partial charge in [-0.25, -0.2) is 24.2 Å². The summed E-state index contributed by atoms with van der Waals surface area (Å²) >= 11 is 0. The summed E-state index contributed by atoms with van der Waals surface area (Å²) in [6, 6.07) is 39.3. The van der Waals surface area contributed by atoms with Gasteiger partial charge in [-0.15, -0.1) is 0 Å². The van der Waals surface area contributed by atoms with Gasteiger partial charge < -0.3 is 34.3 Å². The van der Waals surface area contributed by atoms with Gasteiger partial charge in [0.25, 0.3) is 5.91 Å². The summed E-state index contributed by atoms with van der Waals surface area (Å²) in [7, 11) is 0.337. The number of nitrogens with two attached hydrogens (primary N) is 1. The van der Waals surface area contributed by atoms with Gasteiger partial charge in [0, 0.05) is 36.2 Å². The molecule has 18 heteroatoms. The van der Waals surface area contributed by atoms with Crippen LogP contribution in [0.5, 0.6) is 17.2 Å². The Bertz CT molecular complexity index is 3030. The highest BCUT2D eigenvalue weighted by Crippen LogP contribution is 2.58. The molecule has 2 aliphatic rings. The van der Waals surface area contributed by atoms with E-state index in [2.05, 4.69) is 15.0 Å². The molecule has 17 nitrogen and oxygen atoms in total. The summed E-state index contributed by atoms with van der Waals surface area (Å²) in [6.07, 6.45) is -0.628. The summed E-state index contributed by atoms with van der Waals surface area (Å²) in [5.74, 6) is 1.42. The van der Waals surface area contributed by atoms with Crippen LogP contribution < -0.4 is 19.9 Å². The number of anilines is 1. The second-order valence-corrected chi connectivity index (χ2v) is 21.0. The maximum atomic E-state index is 16.4. The molecule has 2 aliphatic heterocycles. The monoisotopic (exact) mass is 1040 g/mol. The molecule has 0 radical (unpaired) electrons. The minimum Gasteiger partial charge on any atom is -0.497 e. The van der Waals surface area contributed by atoms with Crippen molar-refractivity contribution in [3.05, 3.63) is 174 Å². The summed E-state index contributed by atoms with van der Waals surface area (Å²) < 4.78 is 65.2. The van der Waals surface area contributed by atoms with Gasteiger partial charge in [0.2, 0.25) is 0 Å². The number of aromatic nitrogens is 4. The summed E-state index contributed by atoms with van der Waals surface area (Å²) in [5, 5.41) is 0. The number of imidazole rings is 1. The van der Waals surface area contributed by atoms with Crippen molar-refractivity contribution in [2.24, 2.45) is 0 Å². The van der Waals surface area contributed by atoms with E-state index >= 15 is 9.36 Å². The Kier molecular flexibility index (Phi) is 16.1. The molecule has 0 spiro atoms. The molecule has 2 unspecified atom stereocenters. The Morgan fingerprint density at radius 1 is 0.747 bits per heavy atom. The number of amides is 1. The smallest absolute Gasteiger partial charge is 0.409 e. The van der Waals surface area contributed by atoms with Gasteiger partial charge in [-0.3, -0.25) is 23.2 Å². The molecule has 4 heterocycles. The standard InChI is InChI=1S/C57H64N7O10P/c1-37(2)64(38(3)4)75(67,71-34-44-19-14-32-62(44)56(66)40-20-26-45(68-5)27-21-40)74-48-33-49(63-36-61-50-54(58)59-35-60-55(50)63)72-52(48)53(51(65)39-15-10-8-11-16-39)73-57(41-17-12-9-13-18-41,42-22-28-46(69-6)29-23-42)43-24-30-47(70-7)31-25-43/h8-13,15-18,20-31,35-38,44,48-49,52-53H,14,19,32-34H2,1-7H3,(H2,58,59,60)/t44-,48+,49-,52+,53?,75?/m1/s1. The molecule has 2 aromatic heterocycles. The quantitative estimate of drug-likeness (QED) is 0.0406. The fourth-order valence-electron chi connectivity index (χ4n) is 10.4. The van der Waals surface area contributed by atoms with Crippen LogP contribution in [-0.2, 0) is 28.7 Å². The number of benzene rings is 5. The maximum Gasteiger partial charge on any atom is 0.409 e. The maximum absolute atomic E-state index is 16.4. The zero-order valence-electron chi connectivity index (χ0n) is 43.2. The van der Waals surface area contributed by atoms with E-state index in [4.69, 9.17) is 38.5 Å². The largest absolute Gasteiger partial charge is 0.497 e. The highest BCUT2D eigenvalue weighted by molar-refractivity contribution is 7.51. The fraction of sp³-hybridized carbons (Fsp3) is 0.351. The first-order valence-electron chi connectivity index (χ1n) is 25.2. The number of carbonyl (C=O) groups is 2. The Morgan fingerprint density at radius 2 is 1.31 bits per heavy atom. The van der Waals surface area contributed by atoms with Crippen LogP contribution in [0, 0.1) is 0 Å². The highest BCUT2D eigenvalue weighted by Gasteiger charge is 2.54. The number of ether oxygens (including phenoxy) is 5. The molecular formula is C57H64N7O10P. The van der Waals surface area contributed by atoms with E-state index in [1.807, 2.05) is 113 Å². The van der Waals surface area contributed by atoms with Crippen LogP contribution in [0.4, 0.5) is 5.82 Å². The van der Waals surface area contributed by atoms with Crippen molar-refractivity contribution >= 4 is 36.4 Å². The van der Waals surface area contributed by atoms with Crippen molar-refractivity contribution in [1.82, 2.24) is 29.1 Å². The average Bonchev–Trinajstić information content (AvgIpc) is 4.21. The van der Waals surface area contributed by atoms with Crippen molar-refractivity contribution in [2.45, 2.75) is 95.2 Å². The number of methoxy groups -OCH3 is 3. The molecule has 2 fully saturated rings. The second kappa shape index (κ2) is 22.9. The first-order valence-corrected chi connectivity index (χ1v) is 26.6. The Hall–Kier alpha value is -6.98. The topological polar surface area (TPSA) is 192 Å². The molecule has 6 atom stereocenters. The number of rotatable bonds is 21. The number of carbonyl (C=O) groups excluding carboxylic acids is 2. The van der Waals surface area contributed by atoms with Gasteiger partial charge in [-0.1, -0.05) is 84.9 Å². The number of nitrogens with zero attached hydrogens (tertiary/aromatic N) is 6. The van der Waals surface area contributed by atoms with E-state index in [1.54, 1.807) is 90.3 Å². The first kappa shape index (κ1) is 52.9. The molecular weight excluding hydrogens is 974 g/mol. The van der Waals surface area contributed by atoms with Gasteiger partial charge in [0.05, 0.1) is 40.3 Å². The van der Waals surface area contributed by atoms with E-state index in [0.717, 1.165) is 6.42 Å². The predicted molar refractivity (Wildman–Crippen MR) is 284 cm³/mol. The highest BCUT2D eigenvalue weighted by atomic mass is 31.2. The molecule has 9 rings (SSSR count). The fourth-order valence-corrected chi connectivity index (χ4v) is 12.7. The number of nitrogen functional groups attached to an aromatic ring is 1. The van der Waals surface area contributed by atoms with Crippen LogP contribution in [0.15, 0.2) is 146 Å². The molecule has 2 saturated heterocycles. The lowest BCUT2D eigenvalue weighted by Gasteiger charge is -2.42. The number of ketones is 1. The zero-order chi connectivity index (χ0) is 52.9. The van der Waals surface area contributed by atoms with Crippen LogP contribution in [0.2, 0.25) is 0 Å². The van der Waals surface area contributed by atoms with Crippen LogP contribution in [0.3, 0.4) is 0 Å². The second-order valence-electron chi connectivity index (χ2n) is 19.1. The Labute approximate surface area is 437 Å². The molecule has 0 aliphatic carbocycles. The molecule has 2 N–H and O–H groups in total. The third-order valence-corrected chi connectivity index (χ3v) is 16.4. The number of hydrogen-bond acceptors (Lipinski definition) is 14. The van der Waals surface area contributed by atoms with E-state index in [1.165, 1.54) is 6.33 Å². The third-order valence-electron chi connectivity index (χ3n) is 13.9. The summed E-state index contributed by atoms with van der Waals surface area (Å²) in [6.45, 7) is 8.07. The van der Waals surface area contributed by atoms with Gasteiger partial charge in [-0.05, 0) is 106 Å². The zero-order valence-corrected chi connectivity index (χ0v) is 44.1. The van der Waals surface area contributed by atoms with Gasteiger partial charge in [-0.2, -0.15) is 0 Å². The van der Waals surface area contributed by atoms with Crippen molar-refractivity contribution in [1.29, 1.82) is 0 Å². The molecule has 75 heavy (non-hydrogen) atoms. The molecule has 5 aromatic carbocycles. The lowest BCUT2D eigenvalue weighted by molar-refractivity contribution is -0.125. The van der Waals surface area contributed by atoms with Crippen molar-refractivity contribution in [3.8, 4) is 17.2 Å². The van der Waals surface area contributed by atoms with Crippen molar-refractivity contribution < 1.29 is 46.9 Å². The van der Waals surface area contributed by atoms with E-state index in [-0.39, 0.29) is 36.8 Å². The van der Waals surface area contributed by atoms with Crippen LogP contribution in [0.25, 0.3) is 11.2 Å². The summed E-state index contributed by atoms with van der Waals surface area (Å²) in [4.78, 5) is 45.0.